The molecular formula is C42H48F2N10O4. The van der Waals surface area contributed by atoms with E-state index in [1.165, 1.54) is 12.1 Å². The third-order valence-electron chi connectivity index (χ3n) is 11.4. The Morgan fingerprint density at radius 2 is 1.79 bits per heavy atom. The van der Waals surface area contributed by atoms with Gasteiger partial charge in [-0.1, -0.05) is 6.92 Å². The number of guanidine groups is 1. The first-order valence-corrected chi connectivity index (χ1v) is 19.9. The first kappa shape index (κ1) is 38.9. The first-order chi connectivity index (χ1) is 27.9. The van der Waals surface area contributed by atoms with E-state index in [-0.39, 0.29) is 36.3 Å². The van der Waals surface area contributed by atoms with Gasteiger partial charge < -0.3 is 25.2 Å². The molecule has 8 rings (SSSR count). The molecule has 4 aliphatic heterocycles. The Morgan fingerprint density at radius 3 is 2.57 bits per heavy atom. The minimum absolute atomic E-state index is 0.0416. The molecule has 16 heteroatoms. The number of anilines is 4. The summed E-state index contributed by atoms with van der Waals surface area (Å²) in [7, 11) is 1.83. The largest absolute Gasteiger partial charge is 0.477 e. The van der Waals surface area contributed by atoms with Crippen molar-refractivity contribution in [1.82, 2.24) is 25.0 Å². The van der Waals surface area contributed by atoms with E-state index >= 15 is 8.78 Å². The number of aryl methyl sites for hydroxylation is 2. The monoisotopic (exact) mass is 794 g/mol. The zero-order valence-electron chi connectivity index (χ0n) is 33.1. The topological polar surface area (TPSA) is 149 Å². The van der Waals surface area contributed by atoms with Gasteiger partial charge in [-0.05, 0) is 81.5 Å². The van der Waals surface area contributed by atoms with E-state index < -0.39 is 29.4 Å². The van der Waals surface area contributed by atoms with Crippen LogP contribution in [0.3, 0.4) is 0 Å². The van der Waals surface area contributed by atoms with Gasteiger partial charge in [0.1, 0.15) is 11.6 Å². The van der Waals surface area contributed by atoms with E-state index in [1.807, 2.05) is 20.0 Å². The van der Waals surface area contributed by atoms with Crippen LogP contribution in [-0.2, 0) is 16.6 Å². The number of hydrogen-bond acceptors (Lipinski definition) is 11. The molecule has 3 atom stereocenters. The van der Waals surface area contributed by atoms with E-state index in [9.17, 15) is 14.4 Å². The van der Waals surface area contributed by atoms with Gasteiger partial charge in [0.2, 0.25) is 23.7 Å². The Bertz CT molecular complexity index is 2270. The minimum atomic E-state index is -1.03. The molecule has 0 saturated carbocycles. The van der Waals surface area contributed by atoms with Gasteiger partial charge in [-0.15, -0.1) is 0 Å². The van der Waals surface area contributed by atoms with Crippen LogP contribution < -0.4 is 30.5 Å². The highest BCUT2D eigenvalue weighted by Crippen LogP contribution is 2.38. The summed E-state index contributed by atoms with van der Waals surface area (Å²) >= 11 is 0. The number of hydrogen-bond donors (Lipinski definition) is 3. The maximum Gasteiger partial charge on any atom is 0.280 e. The Morgan fingerprint density at radius 1 is 0.983 bits per heavy atom. The van der Waals surface area contributed by atoms with Gasteiger partial charge in [0, 0.05) is 87.0 Å². The molecule has 0 aliphatic carbocycles. The molecule has 2 fully saturated rings. The molecule has 4 aliphatic rings. The molecule has 2 aromatic heterocycles. The lowest BCUT2D eigenvalue weighted by Gasteiger charge is -2.41. The van der Waals surface area contributed by atoms with Crippen molar-refractivity contribution in [3.8, 4) is 17.1 Å². The molecule has 3 amide bonds. The van der Waals surface area contributed by atoms with Crippen LogP contribution in [0.25, 0.3) is 11.3 Å². The number of nitrogens with one attached hydrogen (secondary N) is 3. The maximum absolute atomic E-state index is 15.1. The standard InChI is InChI=1S/C42H48F2N10O4/c1-24-6-5-15-58-41-31(21-46-51(41)4)35-17-27(16-25(2)47-35)39(56)50-42-48-34-9-7-29(20-36(34)54(42)22-24)53-14-13-52(23-26(53)3)12-11-45-28-18-32(43)38(33(44)19-28)30-8-10-37(55)49-40(30)57/h7,9,16-21,24,26,30,45H,5-6,8,10-15,22-23H2,1-4H3,(H,48,50,56)(H,49,55,57)/t24-,26+,30-/m1/s1. The molecule has 0 unspecified atom stereocenters. The van der Waals surface area contributed by atoms with E-state index in [4.69, 9.17) is 9.72 Å². The fraction of sp³-hybridized carbons (Fsp3) is 0.429. The summed E-state index contributed by atoms with van der Waals surface area (Å²) in [5.74, 6) is -2.77. The fourth-order valence-corrected chi connectivity index (χ4v) is 8.44. The highest BCUT2D eigenvalue weighted by atomic mass is 19.1. The SMILES string of the molecule is Cc1cc2cc(n1)-c1cnn(C)c1OCCC[C@@H](C)CN1/C(=N/C2=O)Nc2ccc(N3CCN(CCNc4cc(F)c([C@H]5CCC(=O)NC5=O)c(F)c4)C[C@@H]3C)cc21. The first-order valence-electron chi connectivity index (χ1n) is 19.9. The second kappa shape index (κ2) is 16.2. The zero-order valence-corrected chi connectivity index (χ0v) is 33.1. The third-order valence-corrected chi connectivity index (χ3v) is 11.4. The van der Waals surface area contributed by atoms with E-state index in [0.717, 1.165) is 55.1 Å². The van der Waals surface area contributed by atoms with Crippen molar-refractivity contribution in [2.75, 3.05) is 66.3 Å². The van der Waals surface area contributed by atoms with Crippen molar-refractivity contribution in [2.24, 2.45) is 18.0 Å². The van der Waals surface area contributed by atoms with Gasteiger partial charge in [-0.25, -0.2) is 13.5 Å². The molecule has 4 aromatic rings. The highest BCUT2D eigenvalue weighted by molar-refractivity contribution is 6.19. The van der Waals surface area contributed by atoms with Crippen LogP contribution in [0.5, 0.6) is 5.88 Å². The number of aromatic nitrogens is 3. The Balaban J connectivity index is 0.942. The number of fused-ring (bicyclic) bond motifs is 7. The predicted octanol–water partition coefficient (Wildman–Crippen LogP) is 5.45. The molecule has 0 radical (unpaired) electrons. The summed E-state index contributed by atoms with van der Waals surface area (Å²) in [6.07, 6.45) is 3.56. The molecule has 304 valence electrons. The molecule has 14 nitrogen and oxygen atoms in total. The summed E-state index contributed by atoms with van der Waals surface area (Å²) in [6.45, 7) is 10.9. The van der Waals surface area contributed by atoms with Gasteiger partial charge in [0.15, 0.2) is 0 Å². The number of halogens is 2. The Labute approximate surface area is 335 Å². The number of pyridine rings is 1. The number of rotatable bonds is 6. The number of imide groups is 1. The number of benzene rings is 2. The number of amides is 3. The lowest BCUT2D eigenvalue weighted by molar-refractivity contribution is -0.134. The zero-order chi connectivity index (χ0) is 40.7. The summed E-state index contributed by atoms with van der Waals surface area (Å²) in [6, 6.07) is 12.4. The van der Waals surface area contributed by atoms with Crippen LogP contribution in [0.2, 0.25) is 0 Å². The quantitative estimate of drug-likeness (QED) is 0.214. The van der Waals surface area contributed by atoms with Crippen molar-refractivity contribution in [3.63, 3.8) is 0 Å². The molecule has 58 heavy (non-hydrogen) atoms. The number of carbonyl (C=O) groups excluding carboxylic acids is 3. The molecular weight excluding hydrogens is 747 g/mol. The molecule has 3 N–H and O–H groups in total. The smallest absolute Gasteiger partial charge is 0.280 e. The molecule has 2 aromatic carbocycles. The second-order valence-electron chi connectivity index (χ2n) is 15.8. The number of piperazine rings is 1. The number of ether oxygens (including phenoxy) is 1. The van der Waals surface area contributed by atoms with Crippen LogP contribution >= 0.6 is 0 Å². The van der Waals surface area contributed by atoms with E-state index in [1.54, 1.807) is 23.0 Å². The van der Waals surface area contributed by atoms with Gasteiger partial charge in [0.25, 0.3) is 5.91 Å². The van der Waals surface area contributed by atoms with Gasteiger partial charge in [-0.2, -0.15) is 10.1 Å². The van der Waals surface area contributed by atoms with Crippen LogP contribution in [0, 0.1) is 24.5 Å². The molecule has 0 spiro atoms. The second-order valence-corrected chi connectivity index (χ2v) is 15.8. The Hall–Kier alpha value is -5.90. The number of piperidine rings is 1. The third kappa shape index (κ3) is 7.97. The normalized spacial score (nSPS) is 22.3. The summed E-state index contributed by atoms with van der Waals surface area (Å²) in [4.78, 5) is 53.7. The number of aliphatic imine (C=N–C) groups is 1. The van der Waals surface area contributed by atoms with E-state index in [2.05, 4.69) is 66.7 Å². The maximum atomic E-state index is 15.1. The average molecular weight is 795 g/mol. The fourth-order valence-electron chi connectivity index (χ4n) is 8.44. The van der Waals surface area contributed by atoms with Gasteiger partial charge in [0.05, 0.1) is 41.4 Å². The summed E-state index contributed by atoms with van der Waals surface area (Å²) < 4.78 is 38.0. The average Bonchev–Trinajstić information content (AvgIpc) is 3.71. The van der Waals surface area contributed by atoms with Crippen molar-refractivity contribution in [3.05, 3.63) is 77.1 Å². The van der Waals surface area contributed by atoms with Crippen molar-refractivity contribution < 1.29 is 27.9 Å². The summed E-state index contributed by atoms with van der Waals surface area (Å²) in [5, 5.41) is 13.1. The molecule has 6 heterocycles. The van der Waals surface area contributed by atoms with Crippen molar-refractivity contribution in [2.45, 2.75) is 58.4 Å². The van der Waals surface area contributed by atoms with Crippen molar-refractivity contribution >= 4 is 46.4 Å². The van der Waals surface area contributed by atoms with Gasteiger partial charge in [-0.3, -0.25) is 29.6 Å². The Kier molecular flexibility index (Phi) is 10.8. The lowest BCUT2D eigenvalue weighted by atomic mass is 9.89. The highest BCUT2D eigenvalue weighted by Gasteiger charge is 2.34. The van der Waals surface area contributed by atoms with Gasteiger partial charge >= 0.3 is 0 Å². The van der Waals surface area contributed by atoms with Crippen LogP contribution in [0.1, 0.15) is 67.1 Å². The molecule has 2 bridgehead atoms. The minimum Gasteiger partial charge on any atom is -0.477 e. The van der Waals surface area contributed by atoms with Crippen LogP contribution in [0.15, 0.2) is 53.7 Å². The number of carbonyl (C=O) groups is 3. The molecule has 2 saturated heterocycles. The number of nitrogens with zero attached hydrogens (tertiary/aromatic N) is 7. The van der Waals surface area contributed by atoms with E-state index in [0.29, 0.717) is 60.7 Å². The predicted molar refractivity (Wildman–Crippen MR) is 217 cm³/mol. The van der Waals surface area contributed by atoms with Crippen molar-refractivity contribution in [1.29, 1.82) is 0 Å². The van der Waals surface area contributed by atoms with Crippen LogP contribution in [-0.4, -0.2) is 95.3 Å². The van der Waals surface area contributed by atoms with Crippen LogP contribution in [0.4, 0.5) is 31.5 Å². The lowest BCUT2D eigenvalue weighted by Crippen LogP contribution is -2.52. The summed E-state index contributed by atoms with van der Waals surface area (Å²) in [5.41, 5.74) is 5.35.